The molecule has 6 heteroatoms. The molecular weight excluding hydrogens is 360 g/mol. The first-order chi connectivity index (χ1) is 13.0. The zero-order chi connectivity index (χ0) is 19.3. The molecule has 0 heterocycles. The first kappa shape index (κ1) is 19.6. The Morgan fingerprint density at radius 1 is 1.07 bits per heavy atom. The Morgan fingerprint density at radius 3 is 2.44 bits per heavy atom. The summed E-state index contributed by atoms with van der Waals surface area (Å²) in [6, 6.07) is 16.4. The molecule has 0 radical (unpaired) electrons. The van der Waals surface area contributed by atoms with Gasteiger partial charge >= 0.3 is 0 Å². The lowest BCUT2D eigenvalue weighted by Gasteiger charge is -2.25. The van der Waals surface area contributed by atoms with Gasteiger partial charge < -0.3 is 5.32 Å². The standard InChI is InChI=1S/C21H26N2O3S/c1-22-27(25,26)19-13-7-12-18(15-19)21(24)23-20(17-10-5-6-11-17)14-16-8-3-2-4-9-16/h2-4,7-9,12-13,15,17,20,22H,5-6,10-11,14H2,1H3,(H,23,24). The second-order valence-electron chi connectivity index (χ2n) is 7.05. The first-order valence-electron chi connectivity index (χ1n) is 9.38. The molecule has 0 saturated heterocycles. The molecule has 5 nitrogen and oxygen atoms in total. The lowest BCUT2D eigenvalue weighted by atomic mass is 9.92. The van der Waals surface area contributed by atoms with Gasteiger partial charge in [0.25, 0.3) is 5.91 Å². The number of rotatable bonds is 7. The molecule has 1 aliphatic rings. The Balaban J connectivity index is 1.79. The van der Waals surface area contributed by atoms with Crippen molar-refractivity contribution in [2.24, 2.45) is 5.92 Å². The zero-order valence-corrected chi connectivity index (χ0v) is 16.3. The van der Waals surface area contributed by atoms with Crippen molar-refractivity contribution < 1.29 is 13.2 Å². The maximum absolute atomic E-state index is 12.8. The molecule has 3 rings (SSSR count). The monoisotopic (exact) mass is 386 g/mol. The summed E-state index contributed by atoms with van der Waals surface area (Å²) >= 11 is 0. The molecule has 1 aliphatic carbocycles. The third-order valence-electron chi connectivity index (χ3n) is 5.26. The summed E-state index contributed by atoms with van der Waals surface area (Å²) in [6.07, 6.45) is 5.41. The van der Waals surface area contributed by atoms with E-state index >= 15 is 0 Å². The minimum absolute atomic E-state index is 0.0481. The second-order valence-corrected chi connectivity index (χ2v) is 8.94. The largest absolute Gasteiger partial charge is 0.349 e. The summed E-state index contributed by atoms with van der Waals surface area (Å²) in [6.45, 7) is 0. The van der Waals surface area contributed by atoms with E-state index in [1.54, 1.807) is 12.1 Å². The van der Waals surface area contributed by atoms with Crippen LogP contribution in [-0.4, -0.2) is 27.4 Å². The van der Waals surface area contributed by atoms with Gasteiger partial charge in [0.2, 0.25) is 10.0 Å². The van der Waals surface area contributed by atoms with Crippen molar-refractivity contribution in [3.05, 3.63) is 65.7 Å². The van der Waals surface area contributed by atoms with Crippen molar-refractivity contribution >= 4 is 15.9 Å². The maximum atomic E-state index is 12.8. The van der Waals surface area contributed by atoms with E-state index in [0.29, 0.717) is 11.5 Å². The van der Waals surface area contributed by atoms with Gasteiger partial charge in [-0.15, -0.1) is 0 Å². The molecule has 1 fully saturated rings. The van der Waals surface area contributed by atoms with E-state index in [9.17, 15) is 13.2 Å². The third kappa shape index (κ3) is 4.96. The summed E-state index contributed by atoms with van der Waals surface area (Å²) in [4.78, 5) is 12.9. The molecule has 1 atom stereocenters. The number of nitrogens with one attached hydrogen (secondary N) is 2. The lowest BCUT2D eigenvalue weighted by molar-refractivity contribution is 0.0922. The van der Waals surface area contributed by atoms with Crippen LogP contribution in [0.25, 0.3) is 0 Å². The third-order valence-corrected chi connectivity index (χ3v) is 6.67. The van der Waals surface area contributed by atoms with Crippen LogP contribution in [0, 0.1) is 5.92 Å². The quantitative estimate of drug-likeness (QED) is 0.768. The van der Waals surface area contributed by atoms with Gasteiger partial charge in [0.05, 0.1) is 4.90 Å². The number of benzene rings is 2. The van der Waals surface area contributed by atoms with Gasteiger partial charge in [-0.25, -0.2) is 13.1 Å². The molecule has 144 valence electrons. The Labute approximate surface area is 161 Å². The number of hydrogen-bond acceptors (Lipinski definition) is 3. The minimum Gasteiger partial charge on any atom is -0.349 e. The highest BCUT2D eigenvalue weighted by Gasteiger charge is 2.27. The van der Waals surface area contributed by atoms with Gasteiger partial charge in [0, 0.05) is 11.6 Å². The van der Waals surface area contributed by atoms with E-state index < -0.39 is 10.0 Å². The molecule has 0 aromatic heterocycles. The second kappa shape index (κ2) is 8.67. The van der Waals surface area contributed by atoms with Crippen molar-refractivity contribution in [3.63, 3.8) is 0 Å². The molecule has 1 amide bonds. The molecule has 1 saturated carbocycles. The molecule has 2 aromatic rings. The van der Waals surface area contributed by atoms with Gasteiger partial charge in [0.15, 0.2) is 0 Å². The fourth-order valence-corrected chi connectivity index (χ4v) is 4.51. The van der Waals surface area contributed by atoms with Crippen molar-refractivity contribution in [2.45, 2.75) is 43.0 Å². The Bertz CT molecular complexity index is 875. The van der Waals surface area contributed by atoms with E-state index in [2.05, 4.69) is 22.2 Å². The highest BCUT2D eigenvalue weighted by Crippen LogP contribution is 2.29. The molecule has 0 aliphatic heterocycles. The van der Waals surface area contributed by atoms with Crippen LogP contribution in [0.4, 0.5) is 0 Å². The molecule has 27 heavy (non-hydrogen) atoms. The van der Waals surface area contributed by atoms with Crippen LogP contribution in [0.15, 0.2) is 59.5 Å². The fourth-order valence-electron chi connectivity index (χ4n) is 3.74. The van der Waals surface area contributed by atoms with E-state index in [4.69, 9.17) is 0 Å². The highest BCUT2D eigenvalue weighted by atomic mass is 32.2. The minimum atomic E-state index is -3.58. The summed E-state index contributed by atoms with van der Waals surface area (Å²) in [7, 11) is -2.22. The fraction of sp³-hybridized carbons (Fsp3) is 0.381. The van der Waals surface area contributed by atoms with Gasteiger partial charge in [-0.1, -0.05) is 49.2 Å². The Kier molecular flexibility index (Phi) is 6.29. The maximum Gasteiger partial charge on any atom is 0.251 e. The summed E-state index contributed by atoms with van der Waals surface area (Å²) in [5.74, 6) is 0.231. The molecule has 1 unspecified atom stereocenters. The van der Waals surface area contributed by atoms with Crippen LogP contribution < -0.4 is 10.0 Å². The van der Waals surface area contributed by atoms with Crippen molar-refractivity contribution in [3.8, 4) is 0 Å². The molecule has 2 aromatic carbocycles. The first-order valence-corrected chi connectivity index (χ1v) is 10.9. The van der Waals surface area contributed by atoms with Gasteiger partial charge in [0.1, 0.15) is 0 Å². The summed E-state index contributed by atoms with van der Waals surface area (Å²) in [5.41, 5.74) is 1.56. The topological polar surface area (TPSA) is 75.3 Å². The number of carbonyl (C=O) groups excluding carboxylic acids is 1. The zero-order valence-electron chi connectivity index (χ0n) is 15.5. The average molecular weight is 387 g/mol. The Hall–Kier alpha value is -2.18. The SMILES string of the molecule is CNS(=O)(=O)c1cccc(C(=O)NC(Cc2ccccc2)C2CCCC2)c1. The smallest absolute Gasteiger partial charge is 0.251 e. The number of sulfonamides is 1. The lowest BCUT2D eigenvalue weighted by Crippen LogP contribution is -2.41. The summed E-state index contributed by atoms with van der Waals surface area (Å²) in [5, 5.41) is 3.17. The number of carbonyl (C=O) groups is 1. The van der Waals surface area contributed by atoms with E-state index in [1.807, 2.05) is 18.2 Å². The summed E-state index contributed by atoms with van der Waals surface area (Å²) < 4.78 is 26.3. The van der Waals surface area contributed by atoms with Crippen LogP contribution in [0.5, 0.6) is 0 Å². The van der Waals surface area contributed by atoms with E-state index in [1.165, 1.54) is 37.6 Å². The van der Waals surface area contributed by atoms with Crippen molar-refractivity contribution in [1.29, 1.82) is 0 Å². The van der Waals surface area contributed by atoms with E-state index in [0.717, 1.165) is 19.3 Å². The molecular formula is C21H26N2O3S. The van der Waals surface area contributed by atoms with Crippen LogP contribution in [-0.2, 0) is 16.4 Å². The van der Waals surface area contributed by atoms with Gasteiger partial charge in [-0.05, 0) is 56.0 Å². The average Bonchev–Trinajstić information content (AvgIpc) is 3.23. The van der Waals surface area contributed by atoms with Crippen LogP contribution in [0.3, 0.4) is 0 Å². The van der Waals surface area contributed by atoms with E-state index in [-0.39, 0.29) is 16.8 Å². The van der Waals surface area contributed by atoms with Crippen LogP contribution in [0.1, 0.15) is 41.6 Å². The molecule has 0 bridgehead atoms. The number of hydrogen-bond donors (Lipinski definition) is 2. The highest BCUT2D eigenvalue weighted by molar-refractivity contribution is 7.89. The molecule has 0 spiro atoms. The van der Waals surface area contributed by atoms with Crippen molar-refractivity contribution in [1.82, 2.24) is 10.0 Å². The van der Waals surface area contributed by atoms with Gasteiger partial charge in [-0.2, -0.15) is 0 Å². The number of amides is 1. The normalized spacial score (nSPS) is 16.2. The van der Waals surface area contributed by atoms with Crippen LogP contribution >= 0.6 is 0 Å². The van der Waals surface area contributed by atoms with Crippen LogP contribution in [0.2, 0.25) is 0 Å². The predicted molar refractivity (Wildman–Crippen MR) is 106 cm³/mol. The Morgan fingerprint density at radius 2 is 1.78 bits per heavy atom. The van der Waals surface area contributed by atoms with Crippen molar-refractivity contribution in [2.75, 3.05) is 7.05 Å². The van der Waals surface area contributed by atoms with Gasteiger partial charge in [-0.3, -0.25) is 4.79 Å². The predicted octanol–water partition coefficient (Wildman–Crippen LogP) is 3.13. The molecule has 2 N–H and O–H groups in total.